The number of hydrogen-bond donors (Lipinski definition) is 2. The number of rotatable bonds is 4. The number of halogens is 1. The molecule has 1 unspecified atom stereocenters. The lowest BCUT2D eigenvalue weighted by Crippen LogP contribution is -2.43. The summed E-state index contributed by atoms with van der Waals surface area (Å²) < 4.78 is 5.38. The molecule has 0 aliphatic heterocycles. The molecule has 1 aromatic carbocycles. The number of carbonyl (C=O) groups is 1. The maximum absolute atomic E-state index is 12.1. The van der Waals surface area contributed by atoms with Gasteiger partial charge in [0.1, 0.15) is 11.4 Å². The molecule has 2 aromatic rings. The Hall–Kier alpha value is -1.78. The number of benzene rings is 1. The molecule has 1 aliphatic rings. The minimum absolute atomic E-state index is 0.155. The van der Waals surface area contributed by atoms with Gasteiger partial charge in [-0.3, -0.25) is 4.79 Å². The van der Waals surface area contributed by atoms with E-state index < -0.39 is 5.60 Å². The van der Waals surface area contributed by atoms with E-state index in [1.165, 1.54) is 0 Å². The predicted octanol–water partition coefficient (Wildman–Crippen LogP) is 2.82. The molecular weight excluding hydrogens is 302 g/mol. The van der Waals surface area contributed by atoms with E-state index in [0.717, 1.165) is 29.7 Å². The van der Waals surface area contributed by atoms with Gasteiger partial charge in [-0.25, -0.2) is 0 Å². The van der Waals surface area contributed by atoms with Crippen LogP contribution in [0.15, 0.2) is 41.0 Å². The molecule has 1 aliphatic carbocycles. The molecule has 2 N–H and O–H groups in total. The molecule has 1 aromatic heterocycles. The molecular formula is C17H18ClNO3. The largest absolute Gasteiger partial charge is 0.469 e. The normalized spacial score (nSPS) is 20.5. The van der Waals surface area contributed by atoms with Crippen molar-refractivity contribution >= 4 is 17.5 Å². The van der Waals surface area contributed by atoms with Crippen LogP contribution in [0.2, 0.25) is 5.02 Å². The Labute approximate surface area is 134 Å². The third kappa shape index (κ3) is 3.03. The van der Waals surface area contributed by atoms with Gasteiger partial charge in [0.25, 0.3) is 0 Å². The highest BCUT2D eigenvalue weighted by Crippen LogP contribution is 2.35. The highest BCUT2D eigenvalue weighted by molar-refractivity contribution is 6.31. The van der Waals surface area contributed by atoms with E-state index in [-0.39, 0.29) is 18.9 Å². The van der Waals surface area contributed by atoms with Crippen LogP contribution in [0.5, 0.6) is 0 Å². The van der Waals surface area contributed by atoms with E-state index in [9.17, 15) is 9.90 Å². The third-order valence-corrected chi connectivity index (χ3v) is 4.50. The zero-order valence-corrected chi connectivity index (χ0v) is 12.9. The topological polar surface area (TPSA) is 62.5 Å². The number of aliphatic hydroxyl groups is 1. The van der Waals surface area contributed by atoms with Crippen molar-refractivity contribution in [2.75, 3.05) is 6.54 Å². The van der Waals surface area contributed by atoms with Gasteiger partial charge in [-0.15, -0.1) is 0 Å². The van der Waals surface area contributed by atoms with Gasteiger partial charge in [-0.1, -0.05) is 29.8 Å². The zero-order valence-electron chi connectivity index (χ0n) is 12.1. The maximum Gasteiger partial charge on any atom is 0.224 e. The fourth-order valence-corrected chi connectivity index (χ4v) is 3.13. The molecule has 5 heteroatoms. The summed E-state index contributed by atoms with van der Waals surface area (Å²) in [6.45, 7) is 0.183. The Bertz CT molecular complexity index is 682. The molecule has 22 heavy (non-hydrogen) atoms. The summed E-state index contributed by atoms with van der Waals surface area (Å²) in [4.78, 5) is 12.1. The Balaban J connectivity index is 1.64. The van der Waals surface area contributed by atoms with Crippen LogP contribution in [-0.2, 0) is 23.2 Å². The van der Waals surface area contributed by atoms with E-state index in [1.807, 2.05) is 18.2 Å². The van der Waals surface area contributed by atoms with Gasteiger partial charge >= 0.3 is 0 Å². The standard InChI is InChI=1S/C17H18ClNO3/c18-14-5-2-1-4-12(14)10-16(20)19-11-17(21)8-3-6-15-13(17)7-9-22-15/h1-2,4-5,7,9,21H,3,6,8,10-11H2,(H,19,20). The Kier molecular flexibility index (Phi) is 4.23. The number of fused-ring (bicyclic) bond motifs is 1. The summed E-state index contributed by atoms with van der Waals surface area (Å²) in [5.74, 6) is 0.659. The Morgan fingerprint density at radius 1 is 1.36 bits per heavy atom. The number of amides is 1. The zero-order chi connectivity index (χ0) is 15.6. The number of aryl methyl sites for hydroxylation is 1. The van der Waals surface area contributed by atoms with Crippen molar-refractivity contribution in [1.82, 2.24) is 5.32 Å². The lowest BCUT2D eigenvalue weighted by molar-refractivity contribution is -0.122. The number of nitrogens with one attached hydrogen (secondary N) is 1. The third-order valence-electron chi connectivity index (χ3n) is 4.13. The van der Waals surface area contributed by atoms with Crippen molar-refractivity contribution in [2.24, 2.45) is 0 Å². The van der Waals surface area contributed by atoms with Crippen LogP contribution in [0.4, 0.5) is 0 Å². The van der Waals surface area contributed by atoms with Crippen LogP contribution in [0.3, 0.4) is 0 Å². The van der Waals surface area contributed by atoms with E-state index >= 15 is 0 Å². The molecule has 0 saturated heterocycles. The lowest BCUT2D eigenvalue weighted by Gasteiger charge is -2.31. The van der Waals surface area contributed by atoms with E-state index in [4.69, 9.17) is 16.0 Å². The summed E-state index contributed by atoms with van der Waals surface area (Å²) in [6.07, 6.45) is 4.09. The molecule has 116 valence electrons. The van der Waals surface area contributed by atoms with Crippen molar-refractivity contribution in [2.45, 2.75) is 31.3 Å². The Morgan fingerprint density at radius 2 is 2.18 bits per heavy atom. The van der Waals surface area contributed by atoms with Gasteiger partial charge in [0.05, 0.1) is 19.2 Å². The fraction of sp³-hybridized carbons (Fsp3) is 0.353. The van der Waals surface area contributed by atoms with Crippen molar-refractivity contribution in [3.8, 4) is 0 Å². The molecule has 3 rings (SSSR count). The first-order chi connectivity index (χ1) is 10.6. The number of hydrogen-bond acceptors (Lipinski definition) is 3. The minimum atomic E-state index is -1.04. The van der Waals surface area contributed by atoms with Crippen molar-refractivity contribution in [1.29, 1.82) is 0 Å². The summed E-state index contributed by atoms with van der Waals surface area (Å²) in [5, 5.41) is 14.2. The second-order valence-electron chi connectivity index (χ2n) is 5.69. The molecule has 0 saturated carbocycles. The molecule has 0 fully saturated rings. The minimum Gasteiger partial charge on any atom is -0.469 e. The first-order valence-corrected chi connectivity index (χ1v) is 7.76. The molecule has 1 heterocycles. The monoisotopic (exact) mass is 319 g/mol. The second-order valence-corrected chi connectivity index (χ2v) is 6.09. The molecule has 1 atom stereocenters. The van der Waals surface area contributed by atoms with Gasteiger partial charge in [-0.05, 0) is 30.5 Å². The average Bonchev–Trinajstić information content (AvgIpc) is 2.98. The van der Waals surface area contributed by atoms with Crippen LogP contribution >= 0.6 is 11.6 Å². The first kappa shape index (κ1) is 15.1. The molecule has 0 spiro atoms. The van der Waals surface area contributed by atoms with E-state index in [0.29, 0.717) is 11.4 Å². The van der Waals surface area contributed by atoms with E-state index in [1.54, 1.807) is 18.4 Å². The van der Waals surface area contributed by atoms with Crippen LogP contribution in [-0.4, -0.2) is 17.6 Å². The van der Waals surface area contributed by atoms with Gasteiger partial charge in [-0.2, -0.15) is 0 Å². The van der Waals surface area contributed by atoms with Crippen LogP contribution in [0.25, 0.3) is 0 Å². The molecule has 1 amide bonds. The quantitative estimate of drug-likeness (QED) is 0.911. The lowest BCUT2D eigenvalue weighted by atomic mass is 9.83. The van der Waals surface area contributed by atoms with Gasteiger partial charge in [0.15, 0.2) is 0 Å². The van der Waals surface area contributed by atoms with Crippen molar-refractivity contribution < 1.29 is 14.3 Å². The number of furan rings is 1. The molecule has 0 bridgehead atoms. The SMILES string of the molecule is O=C(Cc1ccccc1Cl)NCC1(O)CCCc2occc21. The summed E-state index contributed by atoms with van der Waals surface area (Å²) >= 11 is 6.06. The van der Waals surface area contributed by atoms with Gasteiger partial charge in [0.2, 0.25) is 5.91 Å². The summed E-state index contributed by atoms with van der Waals surface area (Å²) in [5.41, 5.74) is 0.523. The first-order valence-electron chi connectivity index (χ1n) is 7.38. The predicted molar refractivity (Wildman–Crippen MR) is 83.7 cm³/mol. The molecule has 0 radical (unpaired) electrons. The highest BCUT2D eigenvalue weighted by Gasteiger charge is 2.36. The smallest absolute Gasteiger partial charge is 0.224 e. The average molecular weight is 320 g/mol. The summed E-state index contributed by atoms with van der Waals surface area (Å²) in [6, 6.07) is 9.05. The van der Waals surface area contributed by atoms with Crippen LogP contribution in [0, 0.1) is 0 Å². The van der Waals surface area contributed by atoms with Gasteiger partial charge < -0.3 is 14.8 Å². The summed E-state index contributed by atoms with van der Waals surface area (Å²) in [7, 11) is 0. The fourth-order valence-electron chi connectivity index (χ4n) is 2.93. The molecule has 4 nitrogen and oxygen atoms in total. The maximum atomic E-state index is 12.1. The van der Waals surface area contributed by atoms with E-state index in [2.05, 4.69) is 5.32 Å². The van der Waals surface area contributed by atoms with Crippen LogP contribution < -0.4 is 5.32 Å². The van der Waals surface area contributed by atoms with Crippen molar-refractivity contribution in [3.63, 3.8) is 0 Å². The Morgan fingerprint density at radius 3 is 3.00 bits per heavy atom. The van der Waals surface area contributed by atoms with Gasteiger partial charge in [0, 0.05) is 17.0 Å². The van der Waals surface area contributed by atoms with Crippen molar-refractivity contribution in [3.05, 3.63) is 58.5 Å². The highest BCUT2D eigenvalue weighted by atomic mass is 35.5. The number of carbonyl (C=O) groups excluding carboxylic acids is 1. The second kappa shape index (κ2) is 6.15. The van der Waals surface area contributed by atoms with Crippen LogP contribution in [0.1, 0.15) is 29.7 Å².